The summed E-state index contributed by atoms with van der Waals surface area (Å²) in [6.07, 6.45) is 4.28. The van der Waals surface area contributed by atoms with E-state index >= 15 is 0 Å². The van der Waals surface area contributed by atoms with Crippen LogP contribution >= 0.6 is 0 Å². The van der Waals surface area contributed by atoms with Gasteiger partial charge in [0.2, 0.25) is 0 Å². The molecule has 0 amide bonds. The zero-order valence-corrected chi connectivity index (χ0v) is 10.6. The molecular weight excluding hydrogens is 141 g/mol. The lowest BCUT2D eigenvalue weighted by Crippen LogP contribution is -2.69. The highest BCUT2D eigenvalue weighted by Crippen LogP contribution is 1.94. The van der Waals surface area contributed by atoms with Crippen LogP contribution in [-0.2, 0) is 0 Å². The van der Waals surface area contributed by atoms with Gasteiger partial charge in [-0.2, -0.15) is 0 Å². The zero-order valence-electron chi connectivity index (χ0n) is 10.6. The maximum absolute atomic E-state index is 2.37. The topological polar surface area (TPSA) is 0 Å². The Morgan fingerprint density at radius 2 is 1.08 bits per heavy atom. The van der Waals surface area contributed by atoms with Crippen LogP contribution in [0.3, 0.4) is 0 Å². The van der Waals surface area contributed by atoms with Crippen molar-refractivity contribution in [2.75, 3.05) is 0 Å². The van der Waals surface area contributed by atoms with Crippen LogP contribution in [0.15, 0.2) is 0 Å². The normalized spacial score (nSPS) is 8.62. The average molecular weight is 156 g/mol. The standard InChI is InChI=1S/B13H15/c1-8-12(9(2)3)13(10(4)5)11(6)7/h8H,1-7H2. The third-order valence-electron chi connectivity index (χ3n) is 3.36. The van der Waals surface area contributed by atoms with Gasteiger partial charge in [-0.15, -0.1) is 0 Å². The van der Waals surface area contributed by atoms with Crippen molar-refractivity contribution in [1.29, 1.82) is 0 Å². The van der Waals surface area contributed by atoms with Gasteiger partial charge < -0.3 is 0 Å². The Morgan fingerprint density at radius 3 is 1.15 bits per heavy atom. The fourth-order valence-corrected chi connectivity index (χ4v) is 2.95. The number of hydrogen-bond donors (Lipinski definition) is 0. The molecule has 0 saturated carbocycles. The van der Waals surface area contributed by atoms with Crippen molar-refractivity contribution in [3.8, 4) is 0 Å². The van der Waals surface area contributed by atoms with E-state index in [1.54, 1.807) is 0 Å². The summed E-state index contributed by atoms with van der Waals surface area (Å²) in [5.41, 5.74) is 0. The number of rotatable bonds is 5. The Balaban J connectivity index is 4.49. The largest absolute Gasteiger partial charge is 0.0593 e. The minimum atomic E-state index is 0.826. The van der Waals surface area contributed by atoms with Crippen molar-refractivity contribution in [3.63, 3.8) is 0 Å². The number of hydrogen-bond acceptors (Lipinski definition) is 0. The highest BCUT2D eigenvalue weighted by atomic mass is 13.1. The van der Waals surface area contributed by atoms with E-state index in [0.29, 0.717) is 0 Å². The minimum absolute atomic E-state index is 0.826. The van der Waals surface area contributed by atoms with Crippen molar-refractivity contribution in [2.45, 2.75) is 0 Å². The van der Waals surface area contributed by atoms with E-state index in [2.05, 4.69) is 54.2 Å². The van der Waals surface area contributed by atoms with Gasteiger partial charge in [0.05, 0.1) is 54.2 Å². The smallest absolute Gasteiger partial charge is 0.00361 e. The molecule has 13 heavy (non-hydrogen) atoms. The first-order valence-electron chi connectivity index (χ1n) is 5.91. The lowest BCUT2D eigenvalue weighted by atomic mass is 8.50. The first-order valence-corrected chi connectivity index (χ1v) is 5.91. The fraction of sp³-hybridized carbons (Fsp3) is 0. The molecule has 0 aromatic carbocycles. The Labute approximate surface area is 93.3 Å². The van der Waals surface area contributed by atoms with Gasteiger partial charge in [0.1, 0.15) is 0 Å². The van der Waals surface area contributed by atoms with Gasteiger partial charge in [0.15, 0.2) is 0 Å². The SMILES string of the molecule is BBB(B(B)B)B(B(B)B)B(B)B. The van der Waals surface area contributed by atoms with Gasteiger partial charge in [-0.25, -0.2) is 0 Å². The molecule has 0 fully saturated rings. The average Bonchev–Trinajstić information content (AvgIpc) is 1.97. The van der Waals surface area contributed by atoms with Gasteiger partial charge in [0, 0.05) is 39.0 Å². The highest BCUT2D eigenvalue weighted by molar-refractivity contribution is 8.07. The van der Waals surface area contributed by atoms with Crippen LogP contribution in [0.25, 0.3) is 0 Å². The van der Waals surface area contributed by atoms with Gasteiger partial charge in [-0.05, 0) is 0 Å². The molecule has 0 atom stereocenters. The van der Waals surface area contributed by atoms with E-state index < -0.39 is 0 Å². The lowest BCUT2D eigenvalue weighted by molar-refractivity contribution is 3.45. The van der Waals surface area contributed by atoms with Crippen LogP contribution in [0.2, 0.25) is 0 Å². The summed E-state index contributed by atoms with van der Waals surface area (Å²) >= 11 is 0. The molecule has 54 valence electrons. The molecule has 0 N–H and O–H groups in total. The van der Waals surface area contributed by atoms with Gasteiger partial charge in [-0.1, -0.05) is 0 Å². The van der Waals surface area contributed by atoms with Gasteiger partial charge in [-0.3, -0.25) is 0 Å². The van der Waals surface area contributed by atoms with Gasteiger partial charge >= 0.3 is 0 Å². The summed E-state index contributed by atoms with van der Waals surface area (Å²) in [5.74, 6) is 0. The summed E-state index contributed by atoms with van der Waals surface area (Å²) < 4.78 is 0. The second kappa shape index (κ2) is 6.35. The van der Waals surface area contributed by atoms with Crippen LogP contribution < -0.4 is 0 Å². The molecule has 0 aromatic rings. The summed E-state index contributed by atoms with van der Waals surface area (Å²) in [5, 5.41) is 0. The Morgan fingerprint density at radius 1 is 0.692 bits per heavy atom. The van der Waals surface area contributed by atoms with Crippen LogP contribution in [0.4, 0.5) is 0 Å². The molecule has 0 heterocycles. The first-order chi connectivity index (χ1) is 5.91. The Bertz CT molecular complexity index is 114. The molecule has 13 heteroatoms. The van der Waals surface area contributed by atoms with E-state index in [0.717, 1.165) is 31.9 Å². The third-order valence-corrected chi connectivity index (χ3v) is 3.36. The molecule has 0 saturated heterocycles. The molecule has 0 nitrogen and oxygen atoms in total. The summed E-state index contributed by atoms with van der Waals surface area (Å²) in [4.78, 5) is 0. The van der Waals surface area contributed by atoms with Gasteiger partial charge in [0.25, 0.3) is 0 Å². The highest BCUT2D eigenvalue weighted by Gasteiger charge is 2.34. The van der Waals surface area contributed by atoms with E-state index in [9.17, 15) is 0 Å². The lowest BCUT2D eigenvalue weighted by Gasteiger charge is -2.29. The summed E-state index contributed by atoms with van der Waals surface area (Å²) in [7, 11) is 17.9. The quantitative estimate of drug-likeness (QED) is 0.346. The molecule has 0 rings (SSSR count). The first kappa shape index (κ1) is 13.8. The molecule has 0 bridgehead atoms. The molecule has 0 spiro atoms. The summed E-state index contributed by atoms with van der Waals surface area (Å²) in [6.45, 7) is 0. The van der Waals surface area contributed by atoms with Crippen LogP contribution in [0.5, 0.6) is 0 Å². The van der Waals surface area contributed by atoms with E-state index in [1.165, 1.54) is 7.06 Å². The van der Waals surface area contributed by atoms with Crippen LogP contribution in [0, 0.1) is 0 Å². The summed E-state index contributed by atoms with van der Waals surface area (Å²) in [6, 6.07) is 0. The molecule has 0 radical (unpaired) electrons. The Hall–Kier alpha value is 0.844. The van der Waals surface area contributed by atoms with Crippen molar-refractivity contribution in [3.05, 3.63) is 0 Å². The molecule has 0 aromatic heterocycles. The molecule has 0 unspecified atom stereocenters. The van der Waals surface area contributed by atoms with Crippen molar-refractivity contribution >= 4 is 93.1 Å². The maximum Gasteiger partial charge on any atom is 0.0593 e. The second-order valence-corrected chi connectivity index (χ2v) is 5.38. The van der Waals surface area contributed by atoms with Crippen LogP contribution in [-0.4, -0.2) is 93.1 Å². The second-order valence-electron chi connectivity index (χ2n) is 5.38. The fourth-order valence-electron chi connectivity index (χ4n) is 2.95. The predicted octanol–water partition coefficient (Wildman–Crippen LogP) is -8.97. The third kappa shape index (κ3) is 4.25. The minimum Gasteiger partial charge on any atom is 0.00361 e. The predicted molar refractivity (Wildman–Crippen MR) is 95.7 cm³/mol. The molecule has 0 aliphatic rings. The maximum atomic E-state index is 2.37. The van der Waals surface area contributed by atoms with Crippen LogP contribution in [0.1, 0.15) is 0 Å². The van der Waals surface area contributed by atoms with E-state index in [-0.39, 0.29) is 0 Å². The van der Waals surface area contributed by atoms with Crippen molar-refractivity contribution in [1.82, 2.24) is 0 Å². The van der Waals surface area contributed by atoms with Crippen molar-refractivity contribution < 1.29 is 0 Å². The zero-order chi connectivity index (χ0) is 10.6. The monoisotopic (exact) mass is 158 g/mol. The van der Waals surface area contributed by atoms with E-state index in [4.69, 9.17) is 0 Å². The molecule has 0 aliphatic carbocycles. The van der Waals surface area contributed by atoms with E-state index in [1.807, 2.05) is 0 Å². The molecule has 0 aliphatic heterocycles. The Kier molecular flexibility index (Phi) is 6.76. The molecular formula is H15B13. The van der Waals surface area contributed by atoms with Crippen molar-refractivity contribution in [2.24, 2.45) is 0 Å².